The van der Waals surface area contributed by atoms with E-state index in [9.17, 15) is 26.4 Å². The van der Waals surface area contributed by atoms with Crippen LogP contribution in [0.4, 0.5) is 19.0 Å². The number of pyridine rings is 1. The van der Waals surface area contributed by atoms with Gasteiger partial charge in [-0.15, -0.1) is 12.4 Å². The Labute approximate surface area is 215 Å². The maximum atomic E-state index is 13.0. The average Bonchev–Trinajstić information content (AvgIpc) is 2.77. The number of piperazine rings is 1. The monoisotopic (exact) mass is 544 g/mol. The Hall–Kier alpha value is -2.63. The van der Waals surface area contributed by atoms with E-state index < -0.39 is 21.8 Å². The lowest BCUT2D eigenvalue weighted by atomic mass is 10.1. The second-order valence-electron chi connectivity index (χ2n) is 8.75. The molecule has 12 heteroatoms. The van der Waals surface area contributed by atoms with Crippen LogP contribution in [0, 0.1) is 0 Å². The molecule has 1 atom stereocenters. The average molecular weight is 545 g/mol. The second-order valence-corrected chi connectivity index (χ2v) is 10.8. The van der Waals surface area contributed by atoms with Crippen LogP contribution in [0.1, 0.15) is 34.8 Å². The van der Waals surface area contributed by atoms with Crippen molar-refractivity contribution < 1.29 is 26.4 Å². The Morgan fingerprint density at radius 3 is 2.31 bits per heavy atom. The third-order valence-electron chi connectivity index (χ3n) is 6.27. The van der Waals surface area contributed by atoms with Crippen molar-refractivity contribution in [3.8, 4) is 0 Å². The number of carbonyl (C=O) groups is 1. The van der Waals surface area contributed by atoms with Crippen LogP contribution in [0.5, 0.6) is 0 Å². The topological polar surface area (TPSA) is 73.8 Å². The summed E-state index contributed by atoms with van der Waals surface area (Å²) < 4.78 is 64.9. The summed E-state index contributed by atoms with van der Waals surface area (Å²) in [6, 6.07) is 7.78. The molecule has 3 heterocycles. The molecule has 2 aliphatic rings. The zero-order chi connectivity index (χ0) is 25.2. The van der Waals surface area contributed by atoms with Gasteiger partial charge in [0.1, 0.15) is 5.82 Å². The highest BCUT2D eigenvalue weighted by molar-refractivity contribution is 7.89. The van der Waals surface area contributed by atoms with Gasteiger partial charge in [0.2, 0.25) is 10.0 Å². The first-order valence-corrected chi connectivity index (χ1v) is 13.0. The molecule has 0 saturated carbocycles. The van der Waals surface area contributed by atoms with Crippen LogP contribution in [-0.4, -0.2) is 73.0 Å². The molecule has 2 aromatic rings. The van der Waals surface area contributed by atoms with E-state index in [4.69, 9.17) is 0 Å². The number of sulfonamides is 1. The van der Waals surface area contributed by atoms with E-state index in [1.165, 1.54) is 28.6 Å². The van der Waals surface area contributed by atoms with Crippen LogP contribution in [0.2, 0.25) is 0 Å². The Balaban J connectivity index is 0.00000361. The van der Waals surface area contributed by atoms with Crippen molar-refractivity contribution in [3.63, 3.8) is 0 Å². The van der Waals surface area contributed by atoms with E-state index in [1.54, 1.807) is 24.1 Å². The highest BCUT2D eigenvalue weighted by Gasteiger charge is 2.33. The van der Waals surface area contributed by atoms with Crippen molar-refractivity contribution in [2.24, 2.45) is 0 Å². The summed E-state index contributed by atoms with van der Waals surface area (Å²) in [5.41, 5.74) is 0.189. The number of alkyl halides is 3. The number of aromatic nitrogens is 1. The fraction of sp³-hybridized carbons (Fsp3) is 0.417. The lowest BCUT2D eigenvalue weighted by Crippen LogP contribution is -2.55. The molecule has 1 unspecified atom stereocenters. The van der Waals surface area contributed by atoms with E-state index in [0.717, 1.165) is 37.5 Å². The van der Waals surface area contributed by atoms with Crippen LogP contribution in [0.25, 0.3) is 6.08 Å². The van der Waals surface area contributed by atoms with Gasteiger partial charge in [0.05, 0.1) is 16.9 Å². The molecule has 0 aliphatic carbocycles. The largest absolute Gasteiger partial charge is 0.416 e. The normalized spacial score (nSPS) is 19.2. The van der Waals surface area contributed by atoms with Crippen molar-refractivity contribution in [2.75, 3.05) is 43.4 Å². The predicted octanol–water partition coefficient (Wildman–Crippen LogP) is 3.92. The minimum atomic E-state index is -4.42. The maximum Gasteiger partial charge on any atom is 0.416 e. The number of carbonyl (C=O) groups excluding carboxylic acids is 1. The summed E-state index contributed by atoms with van der Waals surface area (Å²) in [5.74, 6) is 0.386. The molecule has 1 aromatic heterocycles. The molecule has 0 radical (unpaired) electrons. The molecule has 7 nitrogen and oxygen atoms in total. The summed E-state index contributed by atoms with van der Waals surface area (Å²) >= 11 is 0. The van der Waals surface area contributed by atoms with Gasteiger partial charge in [-0.05, 0) is 43.2 Å². The van der Waals surface area contributed by atoms with Crippen LogP contribution >= 0.6 is 12.4 Å². The van der Waals surface area contributed by atoms with E-state index in [-0.39, 0.29) is 49.7 Å². The number of anilines is 1. The van der Waals surface area contributed by atoms with Gasteiger partial charge in [-0.3, -0.25) is 4.79 Å². The van der Waals surface area contributed by atoms with E-state index in [1.807, 2.05) is 6.07 Å². The minimum absolute atomic E-state index is 0. The zero-order valence-electron chi connectivity index (χ0n) is 19.7. The molecule has 1 aromatic carbocycles. The lowest BCUT2D eigenvalue weighted by Gasteiger charge is -2.39. The van der Waals surface area contributed by atoms with E-state index in [0.29, 0.717) is 11.1 Å². The smallest absolute Gasteiger partial charge is 0.356 e. The van der Waals surface area contributed by atoms with Gasteiger partial charge in [0, 0.05) is 45.0 Å². The van der Waals surface area contributed by atoms with Gasteiger partial charge < -0.3 is 9.80 Å². The highest BCUT2D eigenvalue weighted by Crippen LogP contribution is 2.29. The molecule has 1 amide bonds. The first kappa shape index (κ1) is 27.9. The van der Waals surface area contributed by atoms with Crippen molar-refractivity contribution >= 4 is 40.2 Å². The quantitative estimate of drug-likeness (QED) is 0.551. The molecule has 36 heavy (non-hydrogen) atoms. The molecule has 196 valence electrons. The van der Waals surface area contributed by atoms with E-state index >= 15 is 0 Å². The fourth-order valence-electron chi connectivity index (χ4n) is 4.08. The summed E-state index contributed by atoms with van der Waals surface area (Å²) in [5, 5.41) is 0. The number of hydrogen-bond acceptors (Lipinski definition) is 5. The van der Waals surface area contributed by atoms with Gasteiger partial charge in [-0.1, -0.05) is 24.3 Å². The third-order valence-corrected chi connectivity index (χ3v) is 8.01. The molecule has 2 aliphatic heterocycles. The molecule has 2 fully saturated rings. The highest BCUT2D eigenvalue weighted by atomic mass is 35.5. The van der Waals surface area contributed by atoms with Gasteiger partial charge in [-0.2, -0.15) is 17.5 Å². The fourth-order valence-corrected chi connectivity index (χ4v) is 5.44. The summed E-state index contributed by atoms with van der Waals surface area (Å²) in [6.07, 6.45) is 1.19. The van der Waals surface area contributed by atoms with Crippen molar-refractivity contribution in [1.29, 1.82) is 0 Å². The Morgan fingerprint density at radius 2 is 1.78 bits per heavy atom. The molecule has 0 bridgehead atoms. The van der Waals surface area contributed by atoms with Crippen LogP contribution in [-0.2, 0) is 16.2 Å². The van der Waals surface area contributed by atoms with Crippen molar-refractivity contribution in [3.05, 3.63) is 65.4 Å². The predicted molar refractivity (Wildman–Crippen MR) is 135 cm³/mol. The molecule has 0 spiro atoms. The first-order chi connectivity index (χ1) is 16.5. The third kappa shape index (κ3) is 6.37. The summed E-state index contributed by atoms with van der Waals surface area (Å²) in [4.78, 5) is 21.1. The maximum absolute atomic E-state index is 13.0. The van der Waals surface area contributed by atoms with Gasteiger partial charge in [0.25, 0.3) is 5.91 Å². The molecule has 2 saturated heterocycles. The van der Waals surface area contributed by atoms with Crippen LogP contribution < -0.4 is 4.90 Å². The SMILES string of the molecule is CC1CN(S(=O)(=O)CC=Cc2ccc(C(F)(F)F)cc2)CCN1C(=O)c1ccc(N2CCC2)nc1.Cl. The summed E-state index contributed by atoms with van der Waals surface area (Å²) in [6.45, 7) is 4.34. The second kappa shape index (κ2) is 11.2. The first-order valence-electron chi connectivity index (χ1n) is 11.4. The molecule has 4 rings (SSSR count). The summed E-state index contributed by atoms with van der Waals surface area (Å²) in [7, 11) is -3.63. The van der Waals surface area contributed by atoms with Gasteiger partial charge >= 0.3 is 6.18 Å². The number of amides is 1. The van der Waals surface area contributed by atoms with Crippen LogP contribution in [0.3, 0.4) is 0 Å². The molecular weight excluding hydrogens is 517 g/mol. The van der Waals surface area contributed by atoms with Crippen LogP contribution in [0.15, 0.2) is 48.7 Å². The number of hydrogen-bond donors (Lipinski definition) is 0. The van der Waals surface area contributed by atoms with E-state index in [2.05, 4.69) is 9.88 Å². The Morgan fingerprint density at radius 1 is 1.08 bits per heavy atom. The van der Waals surface area contributed by atoms with Crippen molar-refractivity contribution in [1.82, 2.24) is 14.2 Å². The van der Waals surface area contributed by atoms with Crippen molar-refractivity contribution in [2.45, 2.75) is 25.6 Å². The van der Waals surface area contributed by atoms with Gasteiger partial charge in [0.15, 0.2) is 0 Å². The number of benzene rings is 1. The lowest BCUT2D eigenvalue weighted by molar-refractivity contribution is -0.137. The number of halogens is 4. The number of rotatable bonds is 6. The Kier molecular flexibility index (Phi) is 8.68. The zero-order valence-corrected chi connectivity index (χ0v) is 21.3. The standard InChI is InChI=1S/C24H27F3N4O3S.ClH/c1-18-17-30(35(33,34)15-2-4-19-5-8-21(9-6-19)24(25,26)27)13-14-31(18)23(32)20-7-10-22(28-16-20)29-11-3-12-29;/h2,4-10,16,18H,3,11-15,17H2,1H3;1H. The molecule has 0 N–H and O–H groups in total. The minimum Gasteiger partial charge on any atom is -0.356 e. The number of nitrogens with zero attached hydrogens (tertiary/aromatic N) is 4. The Bertz CT molecular complexity index is 1180. The van der Waals surface area contributed by atoms with Gasteiger partial charge in [-0.25, -0.2) is 13.4 Å². The molecular formula is C24H28ClF3N4O3S.